The van der Waals surface area contributed by atoms with Gasteiger partial charge in [0.1, 0.15) is 0 Å². The molecule has 0 aliphatic heterocycles. The Balaban J connectivity index is 1.49. The van der Waals surface area contributed by atoms with Gasteiger partial charge in [0, 0.05) is 29.7 Å². The molecule has 0 radical (unpaired) electrons. The molecule has 1 atom stereocenters. The maximum absolute atomic E-state index is 12.3. The number of aryl methyl sites for hydroxylation is 1. The van der Waals surface area contributed by atoms with Gasteiger partial charge in [0.05, 0.1) is 6.54 Å². The highest BCUT2D eigenvalue weighted by molar-refractivity contribution is 5.83. The molecule has 0 unspecified atom stereocenters. The van der Waals surface area contributed by atoms with Crippen LogP contribution in [0.25, 0.3) is 10.9 Å². The summed E-state index contributed by atoms with van der Waals surface area (Å²) in [5.74, 6) is 0.446. The van der Waals surface area contributed by atoms with Crippen molar-refractivity contribution in [1.82, 2.24) is 15.6 Å². The zero-order valence-electron chi connectivity index (χ0n) is 17.1. The highest BCUT2D eigenvalue weighted by Crippen LogP contribution is 2.22. The maximum Gasteiger partial charge on any atom is 0.233 e. The first-order valence-corrected chi connectivity index (χ1v) is 10.2. The number of aromatic nitrogens is 1. The summed E-state index contributed by atoms with van der Waals surface area (Å²) in [7, 11) is 0. The van der Waals surface area contributed by atoms with Crippen LogP contribution in [0.2, 0.25) is 0 Å². The van der Waals surface area contributed by atoms with E-state index in [0.29, 0.717) is 19.0 Å². The number of nitrogens with one attached hydrogen (secondary N) is 3. The van der Waals surface area contributed by atoms with Crippen LogP contribution in [0.1, 0.15) is 43.5 Å². The number of para-hydroxylation sites is 1. The molecule has 4 heteroatoms. The first-order valence-electron chi connectivity index (χ1n) is 10.2. The van der Waals surface area contributed by atoms with Crippen molar-refractivity contribution in [3.63, 3.8) is 0 Å². The Kier molecular flexibility index (Phi) is 6.88. The minimum atomic E-state index is 0.0377. The average Bonchev–Trinajstić information content (AvgIpc) is 3.11. The van der Waals surface area contributed by atoms with Gasteiger partial charge < -0.3 is 15.6 Å². The molecule has 0 saturated heterocycles. The van der Waals surface area contributed by atoms with Gasteiger partial charge in [-0.3, -0.25) is 4.79 Å². The number of carbonyl (C=O) groups is 1. The molecule has 0 fully saturated rings. The van der Waals surface area contributed by atoms with Crippen molar-refractivity contribution in [1.29, 1.82) is 0 Å². The van der Waals surface area contributed by atoms with Gasteiger partial charge in [-0.25, -0.2) is 0 Å². The number of carbonyl (C=O) groups excluding carboxylic acids is 1. The van der Waals surface area contributed by atoms with E-state index in [0.717, 1.165) is 18.4 Å². The highest BCUT2D eigenvalue weighted by atomic mass is 16.1. The van der Waals surface area contributed by atoms with Crippen molar-refractivity contribution in [2.45, 2.75) is 39.7 Å². The standard InChI is InChI=1S/C24H31N3O/c1-4-18-9-11-19(12-10-18)24(17(2)3)27-16-23(28)25-14-13-20-15-26-22-8-6-5-7-21(20)22/h5-12,15,17,24,26-27H,4,13-14,16H2,1-3H3,(H,25,28)/t24-/m1/s1. The van der Waals surface area contributed by atoms with Crippen molar-refractivity contribution in [2.24, 2.45) is 5.92 Å². The lowest BCUT2D eigenvalue weighted by atomic mass is 9.95. The third-order valence-electron chi connectivity index (χ3n) is 5.29. The number of benzene rings is 2. The van der Waals surface area contributed by atoms with E-state index in [9.17, 15) is 4.79 Å². The van der Waals surface area contributed by atoms with Crippen LogP contribution < -0.4 is 10.6 Å². The van der Waals surface area contributed by atoms with E-state index in [2.05, 4.69) is 72.8 Å². The summed E-state index contributed by atoms with van der Waals surface area (Å²) in [6, 6.07) is 17.1. The second kappa shape index (κ2) is 9.56. The van der Waals surface area contributed by atoms with Crippen LogP contribution >= 0.6 is 0 Å². The quantitative estimate of drug-likeness (QED) is 0.518. The number of hydrogen-bond donors (Lipinski definition) is 3. The number of fused-ring (bicyclic) bond motifs is 1. The molecular formula is C24H31N3O. The number of aromatic amines is 1. The molecular weight excluding hydrogens is 346 g/mol. The Bertz CT molecular complexity index is 896. The summed E-state index contributed by atoms with van der Waals surface area (Å²) in [6.45, 7) is 7.49. The molecule has 28 heavy (non-hydrogen) atoms. The molecule has 0 aliphatic rings. The number of rotatable bonds is 9. The van der Waals surface area contributed by atoms with Crippen molar-refractivity contribution in [2.75, 3.05) is 13.1 Å². The summed E-state index contributed by atoms with van der Waals surface area (Å²) in [6.07, 6.45) is 3.89. The van der Waals surface area contributed by atoms with Gasteiger partial charge in [-0.05, 0) is 41.5 Å². The predicted molar refractivity (Wildman–Crippen MR) is 116 cm³/mol. The summed E-state index contributed by atoms with van der Waals surface area (Å²) in [4.78, 5) is 15.6. The number of amides is 1. The third kappa shape index (κ3) is 5.02. The molecule has 1 heterocycles. The van der Waals surface area contributed by atoms with Gasteiger partial charge in [0.2, 0.25) is 5.91 Å². The number of H-pyrrole nitrogens is 1. The van der Waals surface area contributed by atoms with E-state index in [1.54, 1.807) is 0 Å². The second-order valence-corrected chi connectivity index (χ2v) is 7.66. The molecule has 2 aromatic carbocycles. The Morgan fingerprint density at radius 2 is 1.82 bits per heavy atom. The van der Waals surface area contributed by atoms with Crippen molar-refractivity contribution < 1.29 is 4.79 Å². The molecule has 4 nitrogen and oxygen atoms in total. The average molecular weight is 378 g/mol. The second-order valence-electron chi connectivity index (χ2n) is 7.66. The van der Waals surface area contributed by atoms with Crippen LogP contribution in [0, 0.1) is 5.92 Å². The molecule has 1 aromatic heterocycles. The maximum atomic E-state index is 12.3. The zero-order chi connectivity index (χ0) is 19.9. The molecule has 148 valence electrons. The van der Waals surface area contributed by atoms with Gasteiger partial charge in [-0.1, -0.05) is 63.2 Å². The van der Waals surface area contributed by atoms with E-state index < -0.39 is 0 Å². The molecule has 0 bridgehead atoms. The molecule has 1 amide bonds. The lowest BCUT2D eigenvalue weighted by Crippen LogP contribution is -2.38. The Morgan fingerprint density at radius 1 is 1.07 bits per heavy atom. The van der Waals surface area contributed by atoms with E-state index in [-0.39, 0.29) is 11.9 Å². The fourth-order valence-corrected chi connectivity index (χ4v) is 3.64. The summed E-state index contributed by atoms with van der Waals surface area (Å²) < 4.78 is 0. The van der Waals surface area contributed by atoms with E-state index in [1.807, 2.05) is 18.3 Å². The fourth-order valence-electron chi connectivity index (χ4n) is 3.64. The van der Waals surface area contributed by atoms with Gasteiger partial charge in [0.25, 0.3) is 0 Å². The lowest BCUT2D eigenvalue weighted by molar-refractivity contribution is -0.120. The Hall–Kier alpha value is -2.59. The van der Waals surface area contributed by atoms with Gasteiger partial charge >= 0.3 is 0 Å². The van der Waals surface area contributed by atoms with Crippen LogP contribution in [0.4, 0.5) is 0 Å². The third-order valence-corrected chi connectivity index (χ3v) is 5.29. The first kappa shape index (κ1) is 20.2. The smallest absolute Gasteiger partial charge is 0.233 e. The minimum absolute atomic E-state index is 0.0377. The van der Waals surface area contributed by atoms with Gasteiger partial charge in [0.15, 0.2) is 0 Å². The highest BCUT2D eigenvalue weighted by Gasteiger charge is 2.16. The van der Waals surface area contributed by atoms with Crippen LogP contribution in [-0.4, -0.2) is 24.0 Å². The molecule has 0 spiro atoms. The van der Waals surface area contributed by atoms with Gasteiger partial charge in [-0.2, -0.15) is 0 Å². The topological polar surface area (TPSA) is 56.9 Å². The summed E-state index contributed by atoms with van der Waals surface area (Å²) in [5.41, 5.74) is 4.94. The van der Waals surface area contributed by atoms with E-state index >= 15 is 0 Å². The van der Waals surface area contributed by atoms with Crippen LogP contribution in [0.15, 0.2) is 54.7 Å². The van der Waals surface area contributed by atoms with Crippen LogP contribution in [0.3, 0.4) is 0 Å². The minimum Gasteiger partial charge on any atom is -0.361 e. The summed E-state index contributed by atoms with van der Waals surface area (Å²) >= 11 is 0. The molecule has 0 aliphatic carbocycles. The lowest BCUT2D eigenvalue weighted by Gasteiger charge is -2.23. The van der Waals surface area contributed by atoms with E-state index in [1.165, 1.54) is 22.1 Å². The normalized spacial score (nSPS) is 12.4. The van der Waals surface area contributed by atoms with Gasteiger partial charge in [-0.15, -0.1) is 0 Å². The predicted octanol–water partition coefficient (Wildman–Crippen LogP) is 4.38. The van der Waals surface area contributed by atoms with E-state index in [4.69, 9.17) is 0 Å². The van der Waals surface area contributed by atoms with Crippen LogP contribution in [0.5, 0.6) is 0 Å². The molecule has 3 aromatic rings. The molecule has 3 rings (SSSR count). The monoisotopic (exact) mass is 377 g/mol. The van der Waals surface area contributed by atoms with Crippen molar-refractivity contribution in [3.05, 3.63) is 71.4 Å². The molecule has 3 N–H and O–H groups in total. The largest absolute Gasteiger partial charge is 0.361 e. The summed E-state index contributed by atoms with van der Waals surface area (Å²) in [5, 5.41) is 7.69. The SMILES string of the molecule is CCc1ccc([C@H](NCC(=O)NCCc2c[nH]c3ccccc23)C(C)C)cc1. The number of hydrogen-bond acceptors (Lipinski definition) is 2. The first-order chi connectivity index (χ1) is 13.6. The Morgan fingerprint density at radius 3 is 2.54 bits per heavy atom. The molecule has 0 saturated carbocycles. The van der Waals surface area contributed by atoms with Crippen molar-refractivity contribution in [3.8, 4) is 0 Å². The fraction of sp³-hybridized carbons (Fsp3) is 0.375. The van der Waals surface area contributed by atoms with Crippen molar-refractivity contribution >= 4 is 16.8 Å². The Labute approximate surface area is 167 Å². The zero-order valence-corrected chi connectivity index (χ0v) is 17.1. The van der Waals surface area contributed by atoms with Crippen LogP contribution in [-0.2, 0) is 17.6 Å².